The molecule has 9 heteroatoms. The van der Waals surface area contributed by atoms with Crippen molar-refractivity contribution in [3.63, 3.8) is 0 Å². The number of carbonyl (C=O) groups is 1. The lowest BCUT2D eigenvalue weighted by atomic mass is 10.1. The van der Waals surface area contributed by atoms with Crippen LogP contribution in [0.3, 0.4) is 0 Å². The maximum Gasteiger partial charge on any atom is 0.251 e. The first-order valence-corrected chi connectivity index (χ1v) is 10.7. The molecule has 0 aliphatic rings. The molecular weight excluding hydrogens is 397 g/mol. The second-order valence-corrected chi connectivity index (χ2v) is 8.32. The van der Waals surface area contributed by atoms with Crippen molar-refractivity contribution in [2.24, 2.45) is 0 Å². The normalized spacial score (nSPS) is 12.1. The van der Waals surface area contributed by atoms with E-state index in [-0.39, 0.29) is 40.9 Å². The second-order valence-electron chi connectivity index (χ2n) is 6.31. The number of hydrogen-bond acceptors (Lipinski definition) is 5. The van der Waals surface area contributed by atoms with Crippen LogP contribution in [0, 0.1) is 11.2 Å². The molecule has 2 aromatic carbocycles. The molecule has 0 saturated heterocycles. The molecule has 0 aliphatic heterocycles. The molecule has 29 heavy (non-hydrogen) atoms. The van der Waals surface area contributed by atoms with Crippen LogP contribution in [0.25, 0.3) is 0 Å². The summed E-state index contributed by atoms with van der Waals surface area (Å²) in [5.41, 5.74) is 1.30. The van der Waals surface area contributed by atoms with Crippen LogP contribution >= 0.6 is 0 Å². The van der Waals surface area contributed by atoms with E-state index < -0.39 is 22.0 Å². The van der Waals surface area contributed by atoms with Gasteiger partial charge in [-0.15, -0.1) is 0 Å². The predicted octanol–water partition coefficient (Wildman–Crippen LogP) is 3.44. The Labute approximate surface area is 169 Å². The predicted molar refractivity (Wildman–Crippen MR) is 110 cm³/mol. The highest BCUT2D eigenvalue weighted by atomic mass is 32.2. The molecule has 0 aliphatic carbocycles. The van der Waals surface area contributed by atoms with Crippen LogP contribution in [-0.4, -0.2) is 32.6 Å². The molecule has 2 rings (SSSR count). The van der Waals surface area contributed by atoms with Crippen LogP contribution in [-0.2, 0) is 14.8 Å². The van der Waals surface area contributed by atoms with Crippen molar-refractivity contribution in [3.05, 3.63) is 65.0 Å². The summed E-state index contributed by atoms with van der Waals surface area (Å²) >= 11 is 0. The average Bonchev–Trinajstić information content (AvgIpc) is 2.68. The number of hydrogen-bond donors (Lipinski definition) is 3. The van der Waals surface area contributed by atoms with Gasteiger partial charge in [-0.2, -0.15) is 0 Å². The Kier molecular flexibility index (Phi) is 7.33. The standard InChI is InChI=1S/C20H24FN3O4S/c1-4-28-19(22)15-10-16(12-18(11-15)24-29(26,27)5-2)20(25)23-13(3)14-6-8-17(21)9-7-14/h6-13,22,24H,4-5H2,1-3H3,(H,23,25)/t13-/m1/s1. The first-order valence-electron chi connectivity index (χ1n) is 9.08. The molecule has 0 heterocycles. The summed E-state index contributed by atoms with van der Waals surface area (Å²) in [7, 11) is -3.57. The van der Waals surface area contributed by atoms with Gasteiger partial charge in [-0.25, -0.2) is 12.8 Å². The fraction of sp³-hybridized carbons (Fsp3) is 0.300. The first kappa shape index (κ1) is 22.4. The number of rotatable bonds is 8. The van der Waals surface area contributed by atoms with E-state index >= 15 is 0 Å². The summed E-state index contributed by atoms with van der Waals surface area (Å²) in [6.07, 6.45) is 0. The van der Waals surface area contributed by atoms with Gasteiger partial charge in [0.15, 0.2) is 0 Å². The average molecular weight is 421 g/mol. The zero-order chi connectivity index (χ0) is 21.6. The van der Waals surface area contributed by atoms with Crippen LogP contribution in [0.5, 0.6) is 0 Å². The third kappa shape index (κ3) is 6.28. The quantitative estimate of drug-likeness (QED) is 0.448. The molecule has 0 aromatic heterocycles. The molecule has 0 bridgehead atoms. The zero-order valence-corrected chi connectivity index (χ0v) is 17.3. The van der Waals surface area contributed by atoms with Gasteiger partial charge in [-0.05, 0) is 56.7 Å². The lowest BCUT2D eigenvalue weighted by Gasteiger charge is -2.16. The molecule has 0 spiro atoms. The van der Waals surface area contributed by atoms with Gasteiger partial charge in [0.2, 0.25) is 15.9 Å². The van der Waals surface area contributed by atoms with Crippen molar-refractivity contribution >= 4 is 27.5 Å². The van der Waals surface area contributed by atoms with Crippen molar-refractivity contribution in [2.45, 2.75) is 26.8 Å². The minimum atomic E-state index is -3.57. The van der Waals surface area contributed by atoms with E-state index in [9.17, 15) is 17.6 Å². The molecule has 1 atom stereocenters. The summed E-state index contributed by atoms with van der Waals surface area (Å²) in [5, 5.41) is 10.8. The number of ether oxygens (including phenoxy) is 1. The molecule has 156 valence electrons. The van der Waals surface area contributed by atoms with Gasteiger partial charge < -0.3 is 10.1 Å². The Morgan fingerprint density at radius 2 is 1.76 bits per heavy atom. The number of carbonyl (C=O) groups excluding carboxylic acids is 1. The maximum atomic E-state index is 13.1. The molecule has 1 amide bonds. The minimum absolute atomic E-state index is 0.136. The van der Waals surface area contributed by atoms with Crippen molar-refractivity contribution in [1.82, 2.24) is 5.32 Å². The van der Waals surface area contributed by atoms with Crippen LogP contribution < -0.4 is 10.0 Å². The second kappa shape index (κ2) is 9.51. The monoisotopic (exact) mass is 421 g/mol. The topological polar surface area (TPSA) is 108 Å². The number of halogens is 1. The van der Waals surface area contributed by atoms with Gasteiger partial charge in [-0.3, -0.25) is 14.9 Å². The molecule has 0 unspecified atom stereocenters. The molecule has 0 radical (unpaired) electrons. The molecule has 7 nitrogen and oxygen atoms in total. The Morgan fingerprint density at radius 1 is 1.14 bits per heavy atom. The smallest absolute Gasteiger partial charge is 0.251 e. The minimum Gasteiger partial charge on any atom is -0.478 e. The molecule has 3 N–H and O–H groups in total. The van der Waals surface area contributed by atoms with Crippen LogP contribution in [0.4, 0.5) is 10.1 Å². The molecule has 0 fully saturated rings. The van der Waals surface area contributed by atoms with Gasteiger partial charge in [0.1, 0.15) is 5.82 Å². The summed E-state index contributed by atoms with van der Waals surface area (Å²) in [6, 6.07) is 9.63. The summed E-state index contributed by atoms with van der Waals surface area (Å²) < 4.78 is 44.5. The van der Waals surface area contributed by atoms with E-state index in [1.165, 1.54) is 37.3 Å². The highest BCUT2D eigenvalue weighted by molar-refractivity contribution is 7.92. The SMILES string of the molecule is CCOC(=N)c1cc(NS(=O)(=O)CC)cc(C(=O)N[C@H](C)c2ccc(F)cc2)c1. The lowest BCUT2D eigenvalue weighted by Crippen LogP contribution is -2.27. The van der Waals surface area contributed by atoms with E-state index in [0.717, 1.165) is 0 Å². The first-order chi connectivity index (χ1) is 13.6. The van der Waals surface area contributed by atoms with Gasteiger partial charge in [0.05, 0.1) is 24.1 Å². The van der Waals surface area contributed by atoms with Crippen molar-refractivity contribution < 1.29 is 22.3 Å². The molecule has 0 saturated carbocycles. The third-order valence-electron chi connectivity index (χ3n) is 4.12. The Morgan fingerprint density at radius 3 is 2.34 bits per heavy atom. The third-order valence-corrected chi connectivity index (χ3v) is 5.42. The number of benzene rings is 2. The van der Waals surface area contributed by atoms with E-state index in [1.54, 1.807) is 26.0 Å². The Hall–Kier alpha value is -2.94. The van der Waals surface area contributed by atoms with Crippen molar-refractivity contribution in [1.29, 1.82) is 5.41 Å². The highest BCUT2D eigenvalue weighted by Gasteiger charge is 2.17. The fourth-order valence-electron chi connectivity index (χ4n) is 2.54. The van der Waals surface area contributed by atoms with Gasteiger partial charge >= 0.3 is 0 Å². The van der Waals surface area contributed by atoms with Crippen LogP contribution in [0.1, 0.15) is 48.3 Å². The fourth-order valence-corrected chi connectivity index (χ4v) is 3.16. The Balaban J connectivity index is 2.33. The van der Waals surface area contributed by atoms with Crippen molar-refractivity contribution in [2.75, 3.05) is 17.1 Å². The number of nitrogens with one attached hydrogen (secondary N) is 3. The van der Waals surface area contributed by atoms with Gasteiger partial charge in [0.25, 0.3) is 5.91 Å². The zero-order valence-electron chi connectivity index (χ0n) is 16.5. The largest absolute Gasteiger partial charge is 0.478 e. The summed E-state index contributed by atoms with van der Waals surface area (Å²) in [5.74, 6) is -1.15. The number of sulfonamides is 1. The van der Waals surface area contributed by atoms with E-state index in [0.29, 0.717) is 5.56 Å². The summed E-state index contributed by atoms with van der Waals surface area (Å²) in [6.45, 7) is 5.22. The number of amides is 1. The van der Waals surface area contributed by atoms with Crippen LogP contribution in [0.2, 0.25) is 0 Å². The van der Waals surface area contributed by atoms with E-state index in [4.69, 9.17) is 10.1 Å². The van der Waals surface area contributed by atoms with E-state index in [1.807, 2.05) is 0 Å². The van der Waals surface area contributed by atoms with Gasteiger partial charge in [0, 0.05) is 11.1 Å². The highest BCUT2D eigenvalue weighted by Crippen LogP contribution is 2.19. The van der Waals surface area contributed by atoms with Crippen LogP contribution in [0.15, 0.2) is 42.5 Å². The molecular formula is C20H24FN3O4S. The lowest BCUT2D eigenvalue weighted by molar-refractivity contribution is 0.0940. The maximum absolute atomic E-state index is 13.1. The Bertz CT molecular complexity index is 991. The van der Waals surface area contributed by atoms with Crippen molar-refractivity contribution in [3.8, 4) is 0 Å². The summed E-state index contributed by atoms with van der Waals surface area (Å²) in [4.78, 5) is 12.7. The van der Waals surface area contributed by atoms with Gasteiger partial charge in [-0.1, -0.05) is 12.1 Å². The van der Waals surface area contributed by atoms with E-state index in [2.05, 4.69) is 10.0 Å². The molecule has 2 aromatic rings. The number of anilines is 1.